The molecule has 5 heteroatoms. The van der Waals surface area contributed by atoms with Gasteiger partial charge in [-0.05, 0) is 31.5 Å². The second-order valence-corrected chi connectivity index (χ2v) is 4.89. The van der Waals surface area contributed by atoms with E-state index in [9.17, 15) is 4.79 Å². The van der Waals surface area contributed by atoms with Crippen LogP contribution in [-0.4, -0.2) is 15.9 Å². The molecule has 17 heavy (non-hydrogen) atoms. The first-order valence-corrected chi connectivity index (χ1v) is 6.09. The molecule has 0 spiro atoms. The van der Waals surface area contributed by atoms with Crippen LogP contribution in [0.5, 0.6) is 0 Å². The number of carbonyl (C=O) groups is 1. The van der Waals surface area contributed by atoms with E-state index < -0.39 is 0 Å². The van der Waals surface area contributed by atoms with Crippen LogP contribution in [0, 0.1) is 13.8 Å². The number of hydrogen-bond donors (Lipinski definition) is 1. The van der Waals surface area contributed by atoms with Crippen LogP contribution in [0.15, 0.2) is 24.5 Å². The second-order valence-electron chi connectivity index (χ2n) is 3.69. The zero-order valence-corrected chi connectivity index (χ0v) is 10.5. The summed E-state index contributed by atoms with van der Waals surface area (Å²) in [6.07, 6.45) is 3.42. The van der Waals surface area contributed by atoms with Crippen LogP contribution >= 0.6 is 11.3 Å². The van der Waals surface area contributed by atoms with E-state index in [4.69, 9.17) is 0 Å². The van der Waals surface area contributed by atoms with Gasteiger partial charge < -0.3 is 5.32 Å². The Balaban J connectivity index is 2.01. The Bertz CT molecular complexity index is 522. The lowest BCUT2D eigenvalue weighted by atomic mass is 10.2. The number of aromatic nitrogens is 2. The Kier molecular flexibility index (Phi) is 3.49. The Morgan fingerprint density at radius 1 is 1.35 bits per heavy atom. The van der Waals surface area contributed by atoms with Gasteiger partial charge in [-0.1, -0.05) is 0 Å². The molecule has 2 rings (SSSR count). The first kappa shape index (κ1) is 11.7. The summed E-state index contributed by atoms with van der Waals surface area (Å²) in [4.78, 5) is 20.7. The van der Waals surface area contributed by atoms with Crippen LogP contribution < -0.4 is 5.32 Å². The Labute approximate surface area is 104 Å². The zero-order valence-electron chi connectivity index (χ0n) is 9.73. The minimum Gasteiger partial charge on any atom is -0.347 e. The molecular weight excluding hydrogens is 234 g/mol. The fourth-order valence-corrected chi connectivity index (χ4v) is 2.34. The van der Waals surface area contributed by atoms with E-state index in [0.717, 1.165) is 16.3 Å². The van der Waals surface area contributed by atoms with E-state index in [1.807, 2.05) is 26.0 Å². The third kappa shape index (κ3) is 2.88. The third-order valence-corrected chi connectivity index (χ3v) is 3.38. The monoisotopic (exact) mass is 247 g/mol. The molecule has 0 aromatic carbocycles. The molecule has 0 aliphatic rings. The third-order valence-electron chi connectivity index (χ3n) is 2.31. The molecule has 0 unspecified atom stereocenters. The van der Waals surface area contributed by atoms with E-state index in [2.05, 4.69) is 15.3 Å². The van der Waals surface area contributed by atoms with Crippen molar-refractivity contribution in [1.82, 2.24) is 15.3 Å². The molecule has 2 aromatic heterocycles. The Hall–Kier alpha value is -1.75. The number of carbonyl (C=O) groups excluding carboxylic acids is 1. The quantitative estimate of drug-likeness (QED) is 0.903. The standard InChI is InChI=1S/C12H13N3OS/c1-8-11(17-9(2)15-8)12(16)14-7-10-3-5-13-6-4-10/h3-6H,7H2,1-2H3,(H,14,16). The SMILES string of the molecule is Cc1nc(C)c(C(=O)NCc2ccncc2)s1. The van der Waals surface area contributed by atoms with Gasteiger partial charge in [0.2, 0.25) is 0 Å². The van der Waals surface area contributed by atoms with Gasteiger partial charge in [0, 0.05) is 18.9 Å². The van der Waals surface area contributed by atoms with E-state index in [0.29, 0.717) is 11.4 Å². The summed E-state index contributed by atoms with van der Waals surface area (Å²) in [5.74, 6) is -0.0649. The Morgan fingerprint density at radius 3 is 2.65 bits per heavy atom. The molecule has 88 valence electrons. The van der Waals surface area contributed by atoms with E-state index >= 15 is 0 Å². The van der Waals surface area contributed by atoms with E-state index in [1.165, 1.54) is 11.3 Å². The maximum absolute atomic E-state index is 11.9. The van der Waals surface area contributed by atoms with E-state index in [1.54, 1.807) is 12.4 Å². The smallest absolute Gasteiger partial charge is 0.263 e. The lowest BCUT2D eigenvalue weighted by molar-refractivity contribution is 0.0954. The number of thiazole rings is 1. The van der Waals surface area contributed by atoms with Crippen molar-refractivity contribution in [2.24, 2.45) is 0 Å². The van der Waals surface area contributed by atoms with Crippen LogP contribution in [0.4, 0.5) is 0 Å². The number of rotatable bonds is 3. The average Bonchev–Trinajstić information content (AvgIpc) is 2.67. The number of nitrogens with one attached hydrogen (secondary N) is 1. The van der Waals surface area contributed by atoms with Crippen LogP contribution in [0.1, 0.15) is 25.9 Å². The van der Waals surface area contributed by atoms with Gasteiger partial charge in [0.05, 0.1) is 10.7 Å². The second kappa shape index (κ2) is 5.05. The number of nitrogens with zero attached hydrogens (tertiary/aromatic N) is 2. The fourth-order valence-electron chi connectivity index (χ4n) is 1.51. The number of pyridine rings is 1. The van der Waals surface area contributed by atoms with Crippen LogP contribution in [0.2, 0.25) is 0 Å². The molecule has 0 atom stereocenters. The van der Waals surface area contributed by atoms with Gasteiger partial charge in [0.25, 0.3) is 5.91 Å². The van der Waals surface area contributed by atoms with Crippen molar-refractivity contribution in [3.8, 4) is 0 Å². The lowest BCUT2D eigenvalue weighted by Gasteiger charge is -2.03. The summed E-state index contributed by atoms with van der Waals surface area (Å²) in [6, 6.07) is 3.76. The summed E-state index contributed by atoms with van der Waals surface area (Å²) >= 11 is 1.42. The highest BCUT2D eigenvalue weighted by Crippen LogP contribution is 2.16. The van der Waals surface area contributed by atoms with Crippen LogP contribution in [0.3, 0.4) is 0 Å². The van der Waals surface area contributed by atoms with Crippen LogP contribution in [-0.2, 0) is 6.54 Å². The molecule has 0 fully saturated rings. The summed E-state index contributed by atoms with van der Waals surface area (Å²) in [6.45, 7) is 4.26. The molecule has 2 aromatic rings. The molecule has 4 nitrogen and oxygen atoms in total. The summed E-state index contributed by atoms with van der Waals surface area (Å²) in [5, 5.41) is 3.79. The molecule has 0 saturated carbocycles. The first-order valence-electron chi connectivity index (χ1n) is 5.28. The maximum Gasteiger partial charge on any atom is 0.263 e. The van der Waals surface area contributed by atoms with Crippen molar-refractivity contribution in [1.29, 1.82) is 0 Å². The largest absolute Gasteiger partial charge is 0.347 e. The van der Waals surface area contributed by atoms with Crippen molar-refractivity contribution in [2.45, 2.75) is 20.4 Å². The fraction of sp³-hybridized carbons (Fsp3) is 0.250. The molecule has 0 bridgehead atoms. The van der Waals surface area contributed by atoms with Gasteiger partial charge in [-0.25, -0.2) is 4.98 Å². The first-order chi connectivity index (χ1) is 8.16. The molecule has 1 amide bonds. The number of aryl methyl sites for hydroxylation is 2. The summed E-state index contributed by atoms with van der Waals surface area (Å²) < 4.78 is 0. The van der Waals surface area contributed by atoms with Gasteiger partial charge in [0.1, 0.15) is 4.88 Å². The highest BCUT2D eigenvalue weighted by molar-refractivity contribution is 7.13. The average molecular weight is 247 g/mol. The topological polar surface area (TPSA) is 54.9 Å². The van der Waals surface area contributed by atoms with Crippen molar-refractivity contribution >= 4 is 17.2 Å². The molecule has 0 radical (unpaired) electrons. The highest BCUT2D eigenvalue weighted by Gasteiger charge is 2.12. The van der Waals surface area contributed by atoms with Crippen molar-refractivity contribution in [3.63, 3.8) is 0 Å². The minimum atomic E-state index is -0.0649. The molecular formula is C12H13N3OS. The predicted octanol–water partition coefficient (Wildman–Crippen LogP) is 2.08. The van der Waals surface area contributed by atoms with Crippen molar-refractivity contribution in [3.05, 3.63) is 45.7 Å². The van der Waals surface area contributed by atoms with Crippen LogP contribution in [0.25, 0.3) is 0 Å². The van der Waals surface area contributed by atoms with Gasteiger partial charge in [-0.2, -0.15) is 0 Å². The van der Waals surface area contributed by atoms with Crippen molar-refractivity contribution in [2.75, 3.05) is 0 Å². The predicted molar refractivity (Wildman–Crippen MR) is 67.0 cm³/mol. The molecule has 1 N–H and O–H groups in total. The minimum absolute atomic E-state index is 0.0649. The Morgan fingerprint density at radius 2 is 2.06 bits per heavy atom. The highest BCUT2D eigenvalue weighted by atomic mass is 32.1. The number of amides is 1. The molecule has 0 aliphatic carbocycles. The zero-order chi connectivity index (χ0) is 12.3. The van der Waals surface area contributed by atoms with Gasteiger partial charge in [-0.3, -0.25) is 9.78 Å². The number of hydrogen-bond acceptors (Lipinski definition) is 4. The summed E-state index contributed by atoms with van der Waals surface area (Å²) in [7, 11) is 0. The molecule has 0 aliphatic heterocycles. The van der Waals surface area contributed by atoms with Crippen molar-refractivity contribution < 1.29 is 4.79 Å². The molecule has 2 heterocycles. The summed E-state index contributed by atoms with van der Waals surface area (Å²) in [5.41, 5.74) is 1.83. The maximum atomic E-state index is 11.9. The van der Waals surface area contributed by atoms with Gasteiger partial charge >= 0.3 is 0 Å². The van der Waals surface area contributed by atoms with Gasteiger partial charge in [-0.15, -0.1) is 11.3 Å². The van der Waals surface area contributed by atoms with Gasteiger partial charge in [0.15, 0.2) is 0 Å². The molecule has 0 saturated heterocycles. The lowest BCUT2D eigenvalue weighted by Crippen LogP contribution is -2.22. The van der Waals surface area contributed by atoms with E-state index in [-0.39, 0.29) is 5.91 Å². The normalized spacial score (nSPS) is 10.2.